The molecule has 0 aromatic heterocycles. The van der Waals surface area contributed by atoms with Gasteiger partial charge >= 0.3 is 6.09 Å². The predicted molar refractivity (Wildman–Crippen MR) is 94.1 cm³/mol. The third-order valence-corrected chi connectivity index (χ3v) is 7.35. The van der Waals surface area contributed by atoms with Crippen LogP contribution < -0.4 is 11.1 Å². The van der Waals surface area contributed by atoms with E-state index in [4.69, 9.17) is 15.0 Å². The zero-order chi connectivity index (χ0) is 18.5. The largest absolute Gasteiger partial charge is 0.445 e. The number of hydrogen-bond acceptors (Lipinski definition) is 5. The number of benzene rings is 1. The minimum absolute atomic E-state index is 0.0796. The molecule has 1 aliphatic rings. The Kier molecular flexibility index (Phi) is 6.03. The van der Waals surface area contributed by atoms with E-state index in [0.717, 1.165) is 5.56 Å². The Morgan fingerprint density at radius 1 is 1.44 bits per heavy atom. The van der Waals surface area contributed by atoms with Crippen LogP contribution in [0.3, 0.4) is 0 Å². The fourth-order valence-corrected chi connectivity index (χ4v) is 5.61. The molecule has 1 fully saturated rings. The third-order valence-electron chi connectivity index (χ3n) is 4.11. The minimum Gasteiger partial charge on any atom is -0.445 e. The molecule has 25 heavy (non-hydrogen) atoms. The van der Waals surface area contributed by atoms with Gasteiger partial charge in [0.05, 0.1) is 6.61 Å². The van der Waals surface area contributed by atoms with Gasteiger partial charge < -0.3 is 20.3 Å². The Balaban J connectivity index is 2.11. The maximum absolute atomic E-state index is 13.2. The lowest BCUT2D eigenvalue weighted by atomic mass is 10.2. The van der Waals surface area contributed by atoms with Crippen molar-refractivity contribution in [1.82, 2.24) is 5.32 Å². The quantitative estimate of drug-likeness (QED) is 0.516. The van der Waals surface area contributed by atoms with Crippen molar-refractivity contribution in [1.29, 1.82) is 0 Å². The van der Waals surface area contributed by atoms with Gasteiger partial charge in [-0.2, -0.15) is 0 Å². The number of nitrogens with one attached hydrogen (secondary N) is 1. The molecule has 0 heterocycles. The molecule has 2 amide bonds. The highest BCUT2D eigenvalue weighted by atomic mass is 31.2. The van der Waals surface area contributed by atoms with E-state index in [1.165, 1.54) is 0 Å². The summed E-state index contributed by atoms with van der Waals surface area (Å²) in [5.74, 6) is -1.01. The van der Waals surface area contributed by atoms with Crippen molar-refractivity contribution in [2.45, 2.75) is 25.2 Å². The number of alkyl carbamates (subject to hydrolysis) is 1. The zero-order valence-electron chi connectivity index (χ0n) is 14.1. The third kappa shape index (κ3) is 4.30. The van der Waals surface area contributed by atoms with Crippen LogP contribution in [0.25, 0.3) is 0 Å². The van der Waals surface area contributed by atoms with Gasteiger partial charge in [0.25, 0.3) is 0 Å². The van der Waals surface area contributed by atoms with E-state index in [9.17, 15) is 14.2 Å². The van der Waals surface area contributed by atoms with Crippen molar-refractivity contribution in [3.8, 4) is 0 Å². The number of hydrogen-bond donors (Lipinski definition) is 2. The number of primary amides is 1. The molecular weight excluding hydrogens is 343 g/mol. The molecule has 0 bridgehead atoms. The van der Waals surface area contributed by atoms with Gasteiger partial charge in [-0.25, -0.2) is 4.79 Å². The molecule has 0 aliphatic heterocycles. The fourth-order valence-electron chi connectivity index (χ4n) is 2.83. The van der Waals surface area contributed by atoms with Crippen LogP contribution in [0.2, 0.25) is 0 Å². The van der Waals surface area contributed by atoms with Crippen molar-refractivity contribution in [3.05, 3.63) is 48.6 Å². The molecule has 1 saturated carbocycles. The summed E-state index contributed by atoms with van der Waals surface area (Å²) in [6.07, 6.45) is 0.785. The molecular formula is C17H23N2O5P. The average molecular weight is 366 g/mol. The summed E-state index contributed by atoms with van der Waals surface area (Å²) in [5, 5.41) is 1.45. The first-order valence-corrected chi connectivity index (χ1v) is 9.81. The van der Waals surface area contributed by atoms with Gasteiger partial charge in [-0.1, -0.05) is 36.4 Å². The van der Waals surface area contributed by atoms with Gasteiger partial charge in [0, 0.05) is 5.92 Å². The fraction of sp³-hybridized carbons (Fsp3) is 0.412. The topological polar surface area (TPSA) is 108 Å². The predicted octanol–water partition coefficient (Wildman–Crippen LogP) is 2.61. The van der Waals surface area contributed by atoms with Crippen molar-refractivity contribution in [3.63, 3.8) is 0 Å². The monoisotopic (exact) mass is 366 g/mol. The molecule has 2 rings (SSSR count). The highest BCUT2D eigenvalue weighted by Gasteiger charge is 2.67. The maximum atomic E-state index is 13.2. The summed E-state index contributed by atoms with van der Waals surface area (Å²) in [5.41, 5.74) is 6.05. The van der Waals surface area contributed by atoms with Crippen molar-refractivity contribution < 1.29 is 23.4 Å². The molecule has 3 unspecified atom stereocenters. The lowest BCUT2D eigenvalue weighted by Crippen LogP contribution is -2.41. The summed E-state index contributed by atoms with van der Waals surface area (Å²) in [6.45, 7) is 5.57. The molecule has 8 heteroatoms. The van der Waals surface area contributed by atoms with Gasteiger partial charge in [-0.15, -0.1) is 6.58 Å². The number of ether oxygens (including phenoxy) is 1. The average Bonchev–Trinajstić information content (AvgIpc) is 3.28. The number of carbonyl (C=O) groups is 2. The first-order chi connectivity index (χ1) is 11.9. The van der Waals surface area contributed by atoms with E-state index in [1.807, 2.05) is 30.3 Å². The van der Waals surface area contributed by atoms with Crippen LogP contribution in [0.15, 0.2) is 43.0 Å². The number of carbonyl (C=O) groups excluding carboxylic acids is 2. The smallest absolute Gasteiger partial charge is 0.408 e. The minimum atomic E-state index is -3.55. The number of rotatable bonds is 9. The van der Waals surface area contributed by atoms with Gasteiger partial charge in [-0.3, -0.25) is 9.36 Å². The first kappa shape index (κ1) is 19.2. The Bertz CT molecular complexity index is 694. The van der Waals surface area contributed by atoms with Crippen molar-refractivity contribution in [2.24, 2.45) is 11.7 Å². The van der Waals surface area contributed by atoms with E-state index in [2.05, 4.69) is 11.9 Å². The van der Waals surface area contributed by atoms with Gasteiger partial charge in [0.15, 0.2) is 0 Å². The summed E-state index contributed by atoms with van der Waals surface area (Å²) in [7, 11) is -3.55. The van der Waals surface area contributed by atoms with Crippen LogP contribution in [0.4, 0.5) is 4.79 Å². The second-order valence-corrected chi connectivity index (χ2v) is 8.59. The highest BCUT2D eigenvalue weighted by Crippen LogP contribution is 2.72. The van der Waals surface area contributed by atoms with Crippen molar-refractivity contribution >= 4 is 19.4 Å². The van der Waals surface area contributed by atoms with Crippen LogP contribution in [0, 0.1) is 5.92 Å². The molecule has 136 valence electrons. The number of nitrogens with two attached hydrogens (primary N) is 1. The second kappa shape index (κ2) is 7.85. The van der Waals surface area contributed by atoms with E-state index in [1.54, 1.807) is 13.0 Å². The molecule has 3 atom stereocenters. The van der Waals surface area contributed by atoms with Crippen LogP contribution in [-0.2, 0) is 25.2 Å². The normalized spacial score (nSPS) is 24.0. The first-order valence-electron chi connectivity index (χ1n) is 8.00. The molecule has 3 N–H and O–H groups in total. The summed E-state index contributed by atoms with van der Waals surface area (Å²) in [6, 6.07) is 9.18. The zero-order valence-corrected chi connectivity index (χ0v) is 15.0. The lowest BCUT2D eigenvalue weighted by Gasteiger charge is -2.28. The second-order valence-electron chi connectivity index (χ2n) is 5.87. The molecule has 0 spiro atoms. The molecule has 0 saturated heterocycles. The Labute approximate surface area is 147 Å². The standard InChI is InChI=1S/C17H23N2O5P/c1-3-14-10-17(14,25(22,24-4-2)12-15(18)20)19-16(21)23-11-13-8-6-5-7-9-13/h3,5-9,14H,1,4,10-12H2,2H3,(H2,18,20)(H,19,21). The van der Waals surface area contributed by atoms with Gasteiger partial charge in [0.1, 0.15) is 18.0 Å². The van der Waals surface area contributed by atoms with Gasteiger partial charge in [0.2, 0.25) is 13.3 Å². The van der Waals surface area contributed by atoms with Crippen LogP contribution in [-0.4, -0.2) is 30.0 Å². The molecule has 0 radical (unpaired) electrons. The van der Waals surface area contributed by atoms with Crippen molar-refractivity contribution in [2.75, 3.05) is 12.8 Å². The van der Waals surface area contributed by atoms with E-state index < -0.39 is 30.8 Å². The Morgan fingerprint density at radius 3 is 2.64 bits per heavy atom. The van der Waals surface area contributed by atoms with E-state index >= 15 is 0 Å². The lowest BCUT2D eigenvalue weighted by molar-refractivity contribution is -0.115. The molecule has 1 aromatic rings. The SMILES string of the molecule is C=CC1CC1(NC(=O)OCc1ccccc1)P(=O)(CC(N)=O)OCC. The van der Waals surface area contributed by atoms with Gasteiger partial charge in [-0.05, 0) is 18.9 Å². The molecule has 1 aromatic carbocycles. The number of amides is 2. The van der Waals surface area contributed by atoms with Crippen LogP contribution >= 0.6 is 7.37 Å². The van der Waals surface area contributed by atoms with E-state index in [-0.39, 0.29) is 19.1 Å². The summed E-state index contributed by atoms with van der Waals surface area (Å²) >= 11 is 0. The highest BCUT2D eigenvalue weighted by molar-refractivity contribution is 7.62. The molecule has 7 nitrogen and oxygen atoms in total. The summed E-state index contributed by atoms with van der Waals surface area (Å²) < 4.78 is 23.8. The Hall–Kier alpha value is -2.11. The summed E-state index contributed by atoms with van der Waals surface area (Å²) in [4.78, 5) is 23.6. The van der Waals surface area contributed by atoms with E-state index in [0.29, 0.717) is 6.42 Å². The van der Waals surface area contributed by atoms with Crippen LogP contribution in [0.1, 0.15) is 18.9 Å². The maximum Gasteiger partial charge on any atom is 0.408 e. The Morgan fingerprint density at radius 2 is 2.12 bits per heavy atom. The molecule has 1 aliphatic carbocycles. The van der Waals surface area contributed by atoms with Crippen LogP contribution in [0.5, 0.6) is 0 Å².